The number of sulfonamides is 1. The number of nitrogens with zero attached hydrogens (tertiary/aromatic N) is 1. The zero-order valence-corrected chi connectivity index (χ0v) is 21.5. The van der Waals surface area contributed by atoms with E-state index in [9.17, 15) is 18.0 Å². The Kier molecular flexibility index (Phi) is 7.17. The van der Waals surface area contributed by atoms with Crippen LogP contribution in [0.3, 0.4) is 0 Å². The molecular weight excluding hydrogens is 536 g/mol. The number of carbonyl (C=O) groups excluding carboxylic acids is 2. The fraction of sp³-hybridized carbons (Fsp3) is 0.125. The monoisotopic (exact) mass is 556 g/mol. The minimum atomic E-state index is -3.89. The van der Waals surface area contributed by atoms with Crippen molar-refractivity contribution in [3.63, 3.8) is 0 Å². The van der Waals surface area contributed by atoms with Gasteiger partial charge in [0, 0.05) is 17.3 Å². The van der Waals surface area contributed by atoms with Crippen LogP contribution in [0.4, 0.5) is 5.69 Å². The molecule has 190 valence electrons. The lowest BCUT2D eigenvalue weighted by Gasteiger charge is -2.19. The molecule has 0 atom stereocenters. The van der Waals surface area contributed by atoms with Gasteiger partial charge < -0.3 is 9.47 Å². The lowest BCUT2D eigenvalue weighted by molar-refractivity contribution is -0.119. The summed E-state index contributed by atoms with van der Waals surface area (Å²) in [5, 5.41) is 0. The minimum Gasteiger partial charge on any atom is -0.486 e. The third-order valence-corrected chi connectivity index (χ3v) is 8.70. The van der Waals surface area contributed by atoms with Gasteiger partial charge in [-0.25, -0.2) is 13.4 Å². The highest BCUT2D eigenvalue weighted by Gasteiger charge is 2.20. The van der Waals surface area contributed by atoms with Crippen molar-refractivity contribution in [3.8, 4) is 11.5 Å². The van der Waals surface area contributed by atoms with Gasteiger partial charge in [0.15, 0.2) is 15.8 Å². The van der Waals surface area contributed by atoms with Gasteiger partial charge in [-0.05, 0) is 48.5 Å². The van der Waals surface area contributed by atoms with Crippen LogP contribution >= 0.6 is 23.1 Å². The Labute approximate surface area is 220 Å². The Balaban J connectivity index is 1.13. The van der Waals surface area contributed by atoms with Crippen LogP contribution in [0.5, 0.6) is 11.5 Å². The Hall–Kier alpha value is -3.81. The van der Waals surface area contributed by atoms with Gasteiger partial charge >= 0.3 is 0 Å². The largest absolute Gasteiger partial charge is 0.486 e. The van der Waals surface area contributed by atoms with E-state index in [0.29, 0.717) is 24.7 Å². The summed E-state index contributed by atoms with van der Waals surface area (Å²) in [7, 11) is -3.89. The SMILES string of the molecule is O=C(CSc1nc2ccccc2s1)NNC(=O)c1ccc(NS(=O)(=O)c2ccc3c(c2)OCCO3)cc1. The van der Waals surface area contributed by atoms with E-state index < -0.39 is 15.9 Å². The number of aromatic nitrogens is 1. The molecule has 1 aromatic heterocycles. The van der Waals surface area contributed by atoms with Crippen LogP contribution in [0, 0.1) is 0 Å². The molecule has 0 unspecified atom stereocenters. The highest BCUT2D eigenvalue weighted by molar-refractivity contribution is 8.01. The fourth-order valence-electron chi connectivity index (χ4n) is 3.37. The summed E-state index contributed by atoms with van der Waals surface area (Å²) in [5.74, 6) is 0.00592. The lowest BCUT2D eigenvalue weighted by atomic mass is 10.2. The van der Waals surface area contributed by atoms with Gasteiger partial charge in [-0.15, -0.1) is 11.3 Å². The number of thiazole rings is 1. The van der Waals surface area contributed by atoms with Gasteiger partial charge in [-0.2, -0.15) is 0 Å². The molecule has 2 heterocycles. The number of amides is 2. The Morgan fingerprint density at radius 2 is 1.70 bits per heavy atom. The molecule has 3 aromatic carbocycles. The maximum absolute atomic E-state index is 12.8. The quantitative estimate of drug-likeness (QED) is 0.233. The Morgan fingerprint density at radius 1 is 0.946 bits per heavy atom. The van der Waals surface area contributed by atoms with Gasteiger partial charge in [-0.1, -0.05) is 23.9 Å². The number of hydrogen-bond acceptors (Lipinski definition) is 9. The standard InChI is InChI=1S/C24H20N4O6S3/c29-22(14-35-24-25-18-3-1-2-4-21(18)36-24)26-27-23(30)15-5-7-16(8-6-15)28-37(31,32)17-9-10-19-20(13-17)34-12-11-33-19/h1-10,13,28H,11-12,14H2,(H,26,29)(H,27,30). The van der Waals surface area contributed by atoms with Crippen LogP contribution in [0.25, 0.3) is 10.2 Å². The van der Waals surface area contributed by atoms with E-state index >= 15 is 0 Å². The molecule has 0 bridgehead atoms. The first-order chi connectivity index (χ1) is 17.9. The van der Waals surface area contributed by atoms with Crippen LogP contribution in [0.2, 0.25) is 0 Å². The van der Waals surface area contributed by atoms with Crippen molar-refractivity contribution in [1.82, 2.24) is 15.8 Å². The van der Waals surface area contributed by atoms with Gasteiger partial charge in [-0.3, -0.25) is 25.2 Å². The first-order valence-electron chi connectivity index (χ1n) is 11.0. The molecule has 0 saturated carbocycles. The highest BCUT2D eigenvalue weighted by atomic mass is 32.2. The van der Waals surface area contributed by atoms with Crippen molar-refractivity contribution < 1.29 is 27.5 Å². The molecule has 37 heavy (non-hydrogen) atoms. The maximum atomic E-state index is 12.8. The van der Waals surface area contributed by atoms with E-state index in [2.05, 4.69) is 20.6 Å². The fourth-order valence-corrected chi connectivity index (χ4v) is 6.31. The summed E-state index contributed by atoms with van der Waals surface area (Å²) in [6.07, 6.45) is 0. The number of carbonyl (C=O) groups is 2. The normalized spacial score (nSPS) is 12.6. The topological polar surface area (TPSA) is 136 Å². The molecule has 1 aliphatic heterocycles. The Bertz CT molecular complexity index is 1540. The Morgan fingerprint density at radius 3 is 2.49 bits per heavy atom. The third kappa shape index (κ3) is 5.96. The van der Waals surface area contributed by atoms with Crippen LogP contribution in [-0.4, -0.2) is 44.2 Å². The lowest BCUT2D eigenvalue weighted by Crippen LogP contribution is -2.42. The van der Waals surface area contributed by atoms with Gasteiger partial charge in [0.2, 0.25) is 5.91 Å². The maximum Gasteiger partial charge on any atom is 0.269 e. The second-order valence-corrected chi connectivity index (χ2v) is 11.7. The third-order valence-electron chi connectivity index (χ3n) is 5.14. The number of hydrazine groups is 1. The van der Waals surface area contributed by atoms with E-state index in [0.717, 1.165) is 14.6 Å². The van der Waals surface area contributed by atoms with E-state index in [1.165, 1.54) is 59.5 Å². The van der Waals surface area contributed by atoms with Crippen LogP contribution in [0.15, 0.2) is 76.0 Å². The average molecular weight is 557 g/mol. The highest BCUT2D eigenvalue weighted by Crippen LogP contribution is 2.33. The van der Waals surface area contributed by atoms with Crippen LogP contribution in [-0.2, 0) is 14.8 Å². The number of fused-ring (bicyclic) bond motifs is 2. The van der Waals surface area contributed by atoms with E-state index in [-0.39, 0.29) is 27.8 Å². The van der Waals surface area contributed by atoms with Crippen LogP contribution in [0.1, 0.15) is 10.4 Å². The number of nitrogens with one attached hydrogen (secondary N) is 3. The summed E-state index contributed by atoms with van der Waals surface area (Å²) in [6, 6.07) is 17.9. The van der Waals surface area contributed by atoms with Crippen molar-refractivity contribution >= 4 is 60.8 Å². The van der Waals surface area contributed by atoms with Crippen molar-refractivity contribution in [2.45, 2.75) is 9.24 Å². The van der Waals surface area contributed by atoms with E-state index in [1.807, 2.05) is 24.3 Å². The molecule has 3 N–H and O–H groups in total. The summed E-state index contributed by atoms with van der Waals surface area (Å²) >= 11 is 2.77. The number of benzene rings is 3. The zero-order valence-electron chi connectivity index (χ0n) is 19.1. The molecule has 0 saturated heterocycles. The molecule has 10 nitrogen and oxygen atoms in total. The molecule has 0 spiro atoms. The molecule has 5 rings (SSSR count). The molecule has 0 fully saturated rings. The molecule has 4 aromatic rings. The van der Waals surface area contributed by atoms with Gasteiger partial charge in [0.05, 0.1) is 20.9 Å². The van der Waals surface area contributed by atoms with Gasteiger partial charge in [0.1, 0.15) is 13.2 Å². The second-order valence-electron chi connectivity index (χ2n) is 7.73. The minimum absolute atomic E-state index is 0.0185. The predicted molar refractivity (Wildman–Crippen MR) is 141 cm³/mol. The number of anilines is 1. The number of para-hydroxylation sites is 1. The molecule has 0 radical (unpaired) electrons. The number of rotatable bonds is 7. The molecule has 2 amide bonds. The first-order valence-corrected chi connectivity index (χ1v) is 14.3. The molecule has 1 aliphatic rings. The van der Waals surface area contributed by atoms with E-state index in [1.54, 1.807) is 6.07 Å². The van der Waals surface area contributed by atoms with Crippen molar-refractivity contribution in [1.29, 1.82) is 0 Å². The summed E-state index contributed by atoms with van der Waals surface area (Å²) in [6.45, 7) is 0.750. The van der Waals surface area contributed by atoms with Crippen molar-refractivity contribution in [2.24, 2.45) is 0 Å². The summed E-state index contributed by atoms with van der Waals surface area (Å²) in [4.78, 5) is 29.0. The predicted octanol–water partition coefficient (Wildman–Crippen LogP) is 3.42. The number of hydrogen-bond donors (Lipinski definition) is 3. The number of thioether (sulfide) groups is 1. The zero-order chi connectivity index (χ0) is 25.8. The smallest absolute Gasteiger partial charge is 0.269 e. The molecule has 13 heteroatoms. The van der Waals surface area contributed by atoms with Crippen molar-refractivity contribution in [3.05, 3.63) is 72.3 Å². The summed E-state index contributed by atoms with van der Waals surface area (Å²) < 4.78 is 40.6. The molecular formula is C24H20N4O6S3. The summed E-state index contributed by atoms with van der Waals surface area (Å²) in [5.41, 5.74) is 6.10. The first kappa shape index (κ1) is 24.9. The van der Waals surface area contributed by atoms with Gasteiger partial charge in [0.25, 0.3) is 15.9 Å². The van der Waals surface area contributed by atoms with Crippen molar-refractivity contribution in [2.75, 3.05) is 23.7 Å². The average Bonchev–Trinajstić information content (AvgIpc) is 3.33. The number of ether oxygens (including phenoxy) is 2. The molecule has 0 aliphatic carbocycles. The van der Waals surface area contributed by atoms with E-state index in [4.69, 9.17) is 9.47 Å². The second kappa shape index (κ2) is 10.7. The van der Waals surface area contributed by atoms with Crippen LogP contribution < -0.4 is 25.0 Å².